The number of benzene rings is 1. The number of methoxy groups -OCH3 is 1. The van der Waals surface area contributed by atoms with Crippen LogP contribution in [0.5, 0.6) is 5.75 Å². The molecule has 0 saturated heterocycles. The van der Waals surface area contributed by atoms with Crippen LogP contribution in [0.3, 0.4) is 0 Å². The van der Waals surface area contributed by atoms with Gasteiger partial charge in [-0.3, -0.25) is 4.79 Å². The number of carbonyl (C=O) groups excluding carboxylic acids is 1. The van der Waals surface area contributed by atoms with Crippen molar-refractivity contribution in [1.82, 2.24) is 4.90 Å². The Hall–Kier alpha value is -2.53. The van der Waals surface area contributed by atoms with E-state index < -0.39 is 0 Å². The molecule has 0 unspecified atom stereocenters. The summed E-state index contributed by atoms with van der Waals surface area (Å²) in [5.41, 5.74) is 2.30. The molecular formula is C21H21NO3S. The highest BCUT2D eigenvalue weighted by atomic mass is 32.1. The van der Waals surface area contributed by atoms with Gasteiger partial charge in [-0.1, -0.05) is 0 Å². The summed E-state index contributed by atoms with van der Waals surface area (Å²) in [5, 5.41) is 2.11. The van der Waals surface area contributed by atoms with Crippen LogP contribution in [-0.2, 0) is 24.2 Å². The molecule has 134 valence electrons. The molecule has 0 atom stereocenters. The van der Waals surface area contributed by atoms with E-state index in [9.17, 15) is 4.79 Å². The molecule has 0 radical (unpaired) electrons. The van der Waals surface area contributed by atoms with Crippen LogP contribution in [0, 0.1) is 0 Å². The zero-order chi connectivity index (χ0) is 17.9. The molecule has 1 amide bonds. The normalized spacial score (nSPS) is 13.5. The molecule has 3 aromatic rings. The van der Waals surface area contributed by atoms with Crippen LogP contribution < -0.4 is 4.74 Å². The highest BCUT2D eigenvalue weighted by molar-refractivity contribution is 7.10. The summed E-state index contributed by atoms with van der Waals surface area (Å²) in [6.07, 6.45) is 2.08. The molecule has 0 aliphatic carbocycles. The second-order valence-electron chi connectivity index (χ2n) is 6.43. The Morgan fingerprint density at radius 2 is 2.04 bits per heavy atom. The highest BCUT2D eigenvalue weighted by Crippen LogP contribution is 2.26. The fraction of sp³-hybridized carbons (Fsp3) is 0.286. The number of aryl methyl sites for hydroxylation is 1. The molecule has 2 aromatic heterocycles. The average Bonchev–Trinajstić information content (AvgIpc) is 3.35. The van der Waals surface area contributed by atoms with Crippen LogP contribution in [0.15, 0.2) is 52.3 Å². The Kier molecular flexibility index (Phi) is 4.80. The lowest BCUT2D eigenvalue weighted by molar-refractivity contribution is -0.132. The zero-order valence-electron chi connectivity index (χ0n) is 14.7. The molecule has 0 saturated carbocycles. The van der Waals surface area contributed by atoms with Gasteiger partial charge >= 0.3 is 0 Å². The number of nitrogens with zero attached hydrogens (tertiary/aromatic N) is 1. The number of ether oxygens (including phenoxy) is 1. The fourth-order valence-corrected chi connectivity index (χ4v) is 4.16. The van der Waals surface area contributed by atoms with E-state index in [-0.39, 0.29) is 5.91 Å². The predicted octanol–water partition coefficient (Wildman–Crippen LogP) is 4.53. The molecule has 1 aliphatic rings. The minimum atomic E-state index is 0.198. The number of hydrogen-bond acceptors (Lipinski definition) is 4. The van der Waals surface area contributed by atoms with Gasteiger partial charge in [-0.2, -0.15) is 0 Å². The summed E-state index contributed by atoms with van der Waals surface area (Å²) in [4.78, 5) is 15.9. The summed E-state index contributed by atoms with van der Waals surface area (Å²) in [6, 6.07) is 13.8. The third-order valence-electron chi connectivity index (χ3n) is 4.78. The molecule has 26 heavy (non-hydrogen) atoms. The summed E-state index contributed by atoms with van der Waals surface area (Å²) >= 11 is 1.79. The molecule has 4 nitrogen and oxygen atoms in total. The second-order valence-corrected chi connectivity index (χ2v) is 7.43. The first-order valence-corrected chi connectivity index (χ1v) is 9.67. The molecule has 0 bridgehead atoms. The first kappa shape index (κ1) is 16.9. The number of thiophene rings is 1. The molecular weight excluding hydrogens is 346 g/mol. The molecule has 4 rings (SSSR count). The molecule has 1 aromatic carbocycles. The number of furan rings is 1. The van der Waals surface area contributed by atoms with Crippen molar-refractivity contribution >= 4 is 17.2 Å². The lowest BCUT2D eigenvalue weighted by atomic mass is 10.1. The van der Waals surface area contributed by atoms with E-state index in [0.717, 1.165) is 42.3 Å². The Morgan fingerprint density at radius 3 is 2.85 bits per heavy atom. The van der Waals surface area contributed by atoms with Crippen molar-refractivity contribution in [2.75, 3.05) is 13.7 Å². The third-order valence-corrected chi connectivity index (χ3v) is 5.80. The summed E-state index contributed by atoms with van der Waals surface area (Å²) in [6.45, 7) is 1.56. The topological polar surface area (TPSA) is 42.7 Å². The standard InChI is InChI=1S/C21H21NO3S/c1-24-17-4-2-15(3-5-17)19-8-6-18(25-19)7-9-21(23)22-12-10-20-16(14-22)11-13-26-20/h2-6,8,11,13H,7,9-10,12,14H2,1H3. The minimum absolute atomic E-state index is 0.198. The maximum absolute atomic E-state index is 12.5. The predicted molar refractivity (Wildman–Crippen MR) is 102 cm³/mol. The summed E-state index contributed by atoms with van der Waals surface area (Å²) < 4.78 is 11.1. The van der Waals surface area contributed by atoms with Gasteiger partial charge in [0.2, 0.25) is 5.91 Å². The molecule has 5 heteroatoms. The first-order valence-electron chi connectivity index (χ1n) is 8.79. The average molecular weight is 367 g/mol. The third kappa shape index (κ3) is 3.53. The van der Waals surface area contributed by atoms with Gasteiger partial charge in [0, 0.05) is 36.4 Å². The zero-order valence-corrected chi connectivity index (χ0v) is 15.6. The van der Waals surface area contributed by atoms with E-state index in [1.165, 1.54) is 10.4 Å². The Labute approximate surface area is 157 Å². The minimum Gasteiger partial charge on any atom is -0.497 e. The van der Waals surface area contributed by atoms with Gasteiger partial charge in [-0.05, 0) is 59.8 Å². The molecule has 0 fully saturated rings. The highest BCUT2D eigenvalue weighted by Gasteiger charge is 2.21. The number of amides is 1. The number of hydrogen-bond donors (Lipinski definition) is 0. The Bertz CT molecular complexity index is 894. The second kappa shape index (κ2) is 7.38. The van der Waals surface area contributed by atoms with Gasteiger partial charge in [0.05, 0.1) is 7.11 Å². The maximum atomic E-state index is 12.5. The van der Waals surface area contributed by atoms with Gasteiger partial charge in [-0.15, -0.1) is 11.3 Å². The Morgan fingerprint density at radius 1 is 1.19 bits per heavy atom. The smallest absolute Gasteiger partial charge is 0.223 e. The van der Waals surface area contributed by atoms with Crippen molar-refractivity contribution in [3.05, 3.63) is 64.0 Å². The number of rotatable bonds is 5. The van der Waals surface area contributed by atoms with Crippen molar-refractivity contribution < 1.29 is 13.9 Å². The van der Waals surface area contributed by atoms with E-state index in [4.69, 9.17) is 9.15 Å². The van der Waals surface area contributed by atoms with Crippen molar-refractivity contribution in [1.29, 1.82) is 0 Å². The van der Waals surface area contributed by atoms with Crippen LogP contribution in [0.25, 0.3) is 11.3 Å². The van der Waals surface area contributed by atoms with Crippen LogP contribution in [-0.4, -0.2) is 24.5 Å². The Balaban J connectivity index is 1.35. The quantitative estimate of drug-likeness (QED) is 0.665. The van der Waals surface area contributed by atoms with E-state index in [2.05, 4.69) is 11.4 Å². The fourth-order valence-electron chi connectivity index (χ4n) is 3.27. The lowest BCUT2D eigenvalue weighted by Crippen LogP contribution is -2.35. The van der Waals surface area contributed by atoms with Crippen LogP contribution in [0.1, 0.15) is 22.6 Å². The first-order chi connectivity index (χ1) is 12.7. The van der Waals surface area contributed by atoms with Gasteiger partial charge in [0.1, 0.15) is 17.3 Å². The maximum Gasteiger partial charge on any atom is 0.223 e. The van der Waals surface area contributed by atoms with Crippen molar-refractivity contribution in [2.45, 2.75) is 25.8 Å². The van der Waals surface area contributed by atoms with Gasteiger partial charge < -0.3 is 14.1 Å². The molecule has 1 aliphatic heterocycles. The summed E-state index contributed by atoms with van der Waals surface area (Å²) in [7, 11) is 1.65. The molecule has 0 N–H and O–H groups in total. The van der Waals surface area contributed by atoms with Gasteiger partial charge in [0.25, 0.3) is 0 Å². The van der Waals surface area contributed by atoms with Crippen molar-refractivity contribution in [3.8, 4) is 17.1 Å². The number of carbonyl (C=O) groups is 1. The van der Waals surface area contributed by atoms with Gasteiger partial charge in [0.15, 0.2) is 0 Å². The van der Waals surface area contributed by atoms with Crippen molar-refractivity contribution in [3.63, 3.8) is 0 Å². The number of fused-ring (bicyclic) bond motifs is 1. The SMILES string of the molecule is COc1ccc(-c2ccc(CCC(=O)N3CCc4sccc4C3)o2)cc1. The van der Waals surface area contributed by atoms with Crippen LogP contribution >= 0.6 is 11.3 Å². The van der Waals surface area contributed by atoms with Crippen molar-refractivity contribution in [2.24, 2.45) is 0 Å². The van der Waals surface area contributed by atoms with E-state index >= 15 is 0 Å². The summed E-state index contributed by atoms with van der Waals surface area (Å²) in [5.74, 6) is 2.68. The van der Waals surface area contributed by atoms with E-state index in [1.54, 1.807) is 18.4 Å². The molecule has 0 spiro atoms. The monoisotopic (exact) mass is 367 g/mol. The van der Waals surface area contributed by atoms with Gasteiger partial charge in [-0.25, -0.2) is 0 Å². The largest absolute Gasteiger partial charge is 0.497 e. The molecule has 3 heterocycles. The van der Waals surface area contributed by atoms with Crippen LogP contribution in [0.4, 0.5) is 0 Å². The van der Waals surface area contributed by atoms with E-state index in [0.29, 0.717) is 12.8 Å². The van der Waals surface area contributed by atoms with Crippen LogP contribution in [0.2, 0.25) is 0 Å². The lowest BCUT2D eigenvalue weighted by Gasteiger charge is -2.27. The van der Waals surface area contributed by atoms with E-state index in [1.807, 2.05) is 41.3 Å².